The fourth-order valence-electron chi connectivity index (χ4n) is 4.78. The van der Waals surface area contributed by atoms with Crippen LogP contribution in [0.15, 0.2) is 129 Å². The molecule has 1 amide bonds. The van der Waals surface area contributed by atoms with Gasteiger partial charge < -0.3 is 14.3 Å². The standard InChI is InChI=1S/C32H22BrNO5/c33-23-14-15-26-22(16-23)18-27(39-26)30(35)28-29(34(32(37)31(28)36)24-11-5-2-6-12-24)21-10-7-13-25(17-21)38-19-20-8-3-1-4-9-20/h1-18,29,36H,19H2. The van der Waals surface area contributed by atoms with Crippen LogP contribution < -0.4 is 9.64 Å². The maximum absolute atomic E-state index is 13.9. The van der Waals surface area contributed by atoms with E-state index in [1.54, 1.807) is 48.5 Å². The summed E-state index contributed by atoms with van der Waals surface area (Å²) in [6, 6.07) is 32.1. The Bertz CT molecular complexity index is 1730. The number of hydrogen-bond donors (Lipinski definition) is 1. The second kappa shape index (κ2) is 10.3. The van der Waals surface area contributed by atoms with Crippen LogP contribution in [0, 0.1) is 0 Å². The first-order valence-electron chi connectivity index (χ1n) is 12.3. The Morgan fingerprint density at radius 1 is 0.897 bits per heavy atom. The topological polar surface area (TPSA) is 80.0 Å². The zero-order valence-corrected chi connectivity index (χ0v) is 22.2. The smallest absolute Gasteiger partial charge is 0.294 e. The van der Waals surface area contributed by atoms with Gasteiger partial charge in [-0.25, -0.2) is 0 Å². The Balaban J connectivity index is 1.42. The molecule has 0 aliphatic carbocycles. The highest BCUT2D eigenvalue weighted by Gasteiger charge is 2.45. The van der Waals surface area contributed by atoms with Gasteiger partial charge in [-0.1, -0.05) is 76.6 Å². The average Bonchev–Trinajstić information content (AvgIpc) is 3.51. The summed E-state index contributed by atoms with van der Waals surface area (Å²) in [7, 11) is 0. The molecule has 6 rings (SSSR count). The summed E-state index contributed by atoms with van der Waals surface area (Å²) >= 11 is 3.43. The first-order chi connectivity index (χ1) is 19.0. The van der Waals surface area contributed by atoms with E-state index in [2.05, 4.69) is 15.9 Å². The minimum atomic E-state index is -0.896. The van der Waals surface area contributed by atoms with Crippen molar-refractivity contribution in [2.24, 2.45) is 0 Å². The molecule has 7 heteroatoms. The molecule has 0 bridgehead atoms. The monoisotopic (exact) mass is 579 g/mol. The van der Waals surface area contributed by atoms with Crippen LogP contribution in [0.4, 0.5) is 5.69 Å². The number of benzene rings is 4. The van der Waals surface area contributed by atoms with E-state index < -0.39 is 23.5 Å². The van der Waals surface area contributed by atoms with Crippen molar-refractivity contribution < 1.29 is 23.8 Å². The molecular formula is C32H22BrNO5. The Morgan fingerprint density at radius 2 is 1.64 bits per heavy atom. The van der Waals surface area contributed by atoms with Crippen LogP contribution in [0.2, 0.25) is 0 Å². The molecule has 0 saturated heterocycles. The number of furan rings is 1. The van der Waals surface area contributed by atoms with Crippen molar-refractivity contribution in [3.05, 3.63) is 142 Å². The van der Waals surface area contributed by atoms with Crippen LogP contribution in [0.25, 0.3) is 11.0 Å². The molecule has 192 valence electrons. The number of anilines is 1. The Hall–Kier alpha value is -4.62. The van der Waals surface area contributed by atoms with Crippen LogP contribution in [0.3, 0.4) is 0 Å². The third kappa shape index (κ3) is 4.73. The Labute approximate surface area is 232 Å². The molecular weight excluding hydrogens is 558 g/mol. The predicted octanol–water partition coefficient (Wildman–Crippen LogP) is 7.56. The van der Waals surface area contributed by atoms with Crippen LogP contribution in [0.1, 0.15) is 27.7 Å². The van der Waals surface area contributed by atoms with Gasteiger partial charge in [0.15, 0.2) is 11.5 Å². The lowest BCUT2D eigenvalue weighted by Gasteiger charge is -2.27. The highest BCUT2D eigenvalue weighted by atomic mass is 79.9. The van der Waals surface area contributed by atoms with Crippen molar-refractivity contribution in [1.82, 2.24) is 0 Å². The normalized spacial score (nSPS) is 15.3. The molecule has 0 spiro atoms. The number of rotatable bonds is 7. The molecule has 0 saturated carbocycles. The van der Waals surface area contributed by atoms with Gasteiger partial charge in [-0.2, -0.15) is 0 Å². The number of Topliss-reactive ketones (excluding diaryl/α,β-unsaturated/α-hetero) is 1. The van der Waals surface area contributed by atoms with Crippen molar-refractivity contribution >= 4 is 44.3 Å². The summed E-state index contributed by atoms with van der Waals surface area (Å²) in [5, 5.41) is 11.8. The van der Waals surface area contributed by atoms with E-state index in [0.29, 0.717) is 29.2 Å². The van der Waals surface area contributed by atoms with Crippen LogP contribution in [0.5, 0.6) is 5.75 Å². The second-order valence-corrected chi connectivity index (χ2v) is 10.1. The first kappa shape index (κ1) is 24.7. The fraction of sp³-hybridized carbons (Fsp3) is 0.0625. The molecule has 1 aliphatic heterocycles. The van der Waals surface area contributed by atoms with Gasteiger partial charge >= 0.3 is 0 Å². The number of ketones is 1. The van der Waals surface area contributed by atoms with Gasteiger partial charge in [-0.3, -0.25) is 14.5 Å². The summed E-state index contributed by atoms with van der Waals surface area (Å²) in [6.07, 6.45) is 0. The fourth-order valence-corrected chi connectivity index (χ4v) is 5.16. The molecule has 1 aromatic heterocycles. The molecule has 39 heavy (non-hydrogen) atoms. The van der Waals surface area contributed by atoms with Gasteiger partial charge in [-0.05, 0) is 59.7 Å². The highest BCUT2D eigenvalue weighted by molar-refractivity contribution is 9.10. The summed E-state index contributed by atoms with van der Waals surface area (Å²) < 4.78 is 12.7. The number of para-hydroxylation sites is 1. The number of carbonyl (C=O) groups excluding carboxylic acids is 2. The zero-order valence-electron chi connectivity index (χ0n) is 20.6. The Morgan fingerprint density at radius 3 is 2.41 bits per heavy atom. The van der Waals surface area contributed by atoms with E-state index >= 15 is 0 Å². The lowest BCUT2D eigenvalue weighted by Crippen LogP contribution is -2.31. The molecule has 1 aliphatic rings. The summed E-state index contributed by atoms with van der Waals surface area (Å²) in [6.45, 7) is 0.359. The minimum Gasteiger partial charge on any atom is -0.503 e. The van der Waals surface area contributed by atoms with E-state index in [4.69, 9.17) is 9.15 Å². The molecule has 0 radical (unpaired) electrons. The number of amides is 1. The summed E-state index contributed by atoms with van der Waals surface area (Å²) in [5.41, 5.74) is 2.64. The summed E-state index contributed by atoms with van der Waals surface area (Å²) in [5.74, 6) is -1.22. The van der Waals surface area contributed by atoms with Crippen LogP contribution in [-0.2, 0) is 11.4 Å². The van der Waals surface area contributed by atoms with E-state index in [0.717, 1.165) is 15.4 Å². The van der Waals surface area contributed by atoms with Crippen LogP contribution >= 0.6 is 15.9 Å². The molecule has 4 aromatic carbocycles. The molecule has 0 fully saturated rings. The second-order valence-electron chi connectivity index (χ2n) is 9.14. The number of fused-ring (bicyclic) bond motifs is 1. The van der Waals surface area contributed by atoms with Gasteiger partial charge in [-0.15, -0.1) is 0 Å². The Kier molecular flexibility index (Phi) is 6.50. The van der Waals surface area contributed by atoms with E-state index in [-0.39, 0.29) is 11.3 Å². The minimum absolute atomic E-state index is 0.0360. The average molecular weight is 580 g/mol. The largest absolute Gasteiger partial charge is 0.503 e. The molecule has 2 heterocycles. The number of aliphatic hydroxyl groups is 1. The number of nitrogens with zero attached hydrogens (tertiary/aromatic N) is 1. The van der Waals surface area contributed by atoms with Gasteiger partial charge in [0.05, 0.1) is 11.6 Å². The lowest BCUT2D eigenvalue weighted by molar-refractivity contribution is -0.117. The third-order valence-electron chi connectivity index (χ3n) is 6.61. The van der Waals surface area contributed by atoms with Gasteiger partial charge in [0.25, 0.3) is 5.91 Å². The zero-order chi connectivity index (χ0) is 26.9. The van der Waals surface area contributed by atoms with E-state index in [1.807, 2.05) is 60.7 Å². The highest BCUT2D eigenvalue weighted by Crippen LogP contribution is 2.43. The molecule has 1 unspecified atom stereocenters. The van der Waals surface area contributed by atoms with Crippen LogP contribution in [-0.4, -0.2) is 16.8 Å². The maximum Gasteiger partial charge on any atom is 0.294 e. The van der Waals surface area contributed by atoms with Gasteiger partial charge in [0.1, 0.15) is 17.9 Å². The van der Waals surface area contributed by atoms with E-state index in [9.17, 15) is 14.7 Å². The molecule has 5 aromatic rings. The number of carbonyl (C=O) groups is 2. The van der Waals surface area contributed by atoms with Crippen molar-refractivity contribution in [2.75, 3.05) is 4.90 Å². The maximum atomic E-state index is 13.9. The quantitative estimate of drug-likeness (QED) is 0.201. The first-order valence-corrected chi connectivity index (χ1v) is 13.1. The van der Waals surface area contributed by atoms with Crippen molar-refractivity contribution in [1.29, 1.82) is 0 Å². The lowest BCUT2D eigenvalue weighted by atomic mass is 9.94. The number of halogens is 1. The van der Waals surface area contributed by atoms with Crippen molar-refractivity contribution in [2.45, 2.75) is 12.6 Å². The number of ether oxygens (including phenoxy) is 1. The van der Waals surface area contributed by atoms with E-state index in [1.165, 1.54) is 4.90 Å². The predicted molar refractivity (Wildman–Crippen MR) is 152 cm³/mol. The number of aliphatic hydroxyl groups excluding tert-OH is 1. The third-order valence-corrected chi connectivity index (χ3v) is 7.10. The van der Waals surface area contributed by atoms with Gasteiger partial charge in [0.2, 0.25) is 5.78 Å². The SMILES string of the molecule is O=C(C1=C(O)C(=O)N(c2ccccc2)C1c1cccc(OCc2ccccc2)c1)c1cc2cc(Br)ccc2o1. The summed E-state index contributed by atoms with van der Waals surface area (Å²) in [4.78, 5) is 28.8. The molecule has 6 nitrogen and oxygen atoms in total. The van der Waals surface area contributed by atoms with Gasteiger partial charge in [0, 0.05) is 15.5 Å². The molecule has 1 atom stereocenters. The van der Waals surface area contributed by atoms with Crippen molar-refractivity contribution in [3.63, 3.8) is 0 Å². The van der Waals surface area contributed by atoms with Crippen molar-refractivity contribution in [3.8, 4) is 5.75 Å². The molecule has 1 N–H and O–H groups in total. The number of hydrogen-bond acceptors (Lipinski definition) is 5.